The Bertz CT molecular complexity index is 936. The highest BCUT2D eigenvalue weighted by molar-refractivity contribution is 6.31. The second kappa shape index (κ2) is 6.90. The van der Waals surface area contributed by atoms with Crippen LogP contribution in [0.4, 0.5) is 10.5 Å². The number of halogens is 1. The molecular formula is C19H13ClN2O4. The molecule has 26 heavy (non-hydrogen) atoms. The van der Waals surface area contributed by atoms with Crippen molar-refractivity contribution in [1.29, 1.82) is 5.26 Å². The quantitative estimate of drug-likeness (QED) is 0.652. The SMILES string of the molecule is C=C(C#N)C1(OC(=O)OCc2ccccc2)C(=O)Nc2ccc(Cl)cc21. The van der Waals surface area contributed by atoms with Crippen molar-refractivity contribution in [2.45, 2.75) is 12.2 Å². The van der Waals surface area contributed by atoms with E-state index in [0.29, 0.717) is 10.7 Å². The molecule has 1 aliphatic heterocycles. The second-order valence-electron chi connectivity index (χ2n) is 5.54. The zero-order valence-corrected chi connectivity index (χ0v) is 14.2. The summed E-state index contributed by atoms with van der Waals surface area (Å²) in [5, 5.41) is 12.2. The first-order chi connectivity index (χ1) is 12.5. The lowest BCUT2D eigenvalue weighted by atomic mass is 9.88. The van der Waals surface area contributed by atoms with E-state index in [2.05, 4.69) is 11.9 Å². The Morgan fingerprint density at radius 3 is 2.69 bits per heavy atom. The molecule has 3 rings (SSSR count). The molecule has 1 unspecified atom stereocenters. The van der Waals surface area contributed by atoms with E-state index in [0.717, 1.165) is 5.56 Å². The minimum atomic E-state index is -2.01. The smallest absolute Gasteiger partial charge is 0.429 e. The van der Waals surface area contributed by atoms with E-state index in [9.17, 15) is 14.9 Å². The van der Waals surface area contributed by atoms with Gasteiger partial charge in [0.25, 0.3) is 11.5 Å². The Morgan fingerprint density at radius 2 is 2.00 bits per heavy atom. The highest BCUT2D eigenvalue weighted by Crippen LogP contribution is 2.44. The van der Waals surface area contributed by atoms with Crippen LogP contribution in [0.15, 0.2) is 60.7 Å². The largest absolute Gasteiger partial charge is 0.510 e. The van der Waals surface area contributed by atoms with Gasteiger partial charge in [-0.1, -0.05) is 48.5 Å². The lowest BCUT2D eigenvalue weighted by Crippen LogP contribution is -2.40. The molecular weight excluding hydrogens is 356 g/mol. The monoisotopic (exact) mass is 368 g/mol. The minimum absolute atomic E-state index is 0.0429. The van der Waals surface area contributed by atoms with Crippen molar-refractivity contribution in [2.75, 3.05) is 5.32 Å². The molecule has 1 N–H and O–H groups in total. The summed E-state index contributed by atoms with van der Waals surface area (Å²) < 4.78 is 10.4. The maximum absolute atomic E-state index is 12.6. The molecule has 0 fully saturated rings. The molecule has 7 heteroatoms. The van der Waals surface area contributed by atoms with Crippen molar-refractivity contribution >= 4 is 29.4 Å². The van der Waals surface area contributed by atoms with Gasteiger partial charge in [-0.15, -0.1) is 0 Å². The number of anilines is 1. The number of hydrogen-bond donors (Lipinski definition) is 1. The molecule has 0 radical (unpaired) electrons. The Hall–Kier alpha value is -3.30. The van der Waals surface area contributed by atoms with Gasteiger partial charge in [0, 0.05) is 16.3 Å². The molecule has 0 bridgehead atoms. The number of carbonyl (C=O) groups is 2. The summed E-state index contributed by atoms with van der Waals surface area (Å²) in [6, 6.07) is 15.3. The number of nitriles is 1. The Labute approximate surface area is 154 Å². The topological polar surface area (TPSA) is 88.4 Å². The summed E-state index contributed by atoms with van der Waals surface area (Å²) in [6.45, 7) is 3.54. The Balaban J connectivity index is 1.89. The average Bonchev–Trinajstić information content (AvgIpc) is 2.92. The molecule has 1 atom stereocenters. The van der Waals surface area contributed by atoms with Gasteiger partial charge in [0.1, 0.15) is 6.61 Å². The first kappa shape index (κ1) is 17.5. The van der Waals surface area contributed by atoms with E-state index in [1.165, 1.54) is 6.07 Å². The van der Waals surface area contributed by atoms with E-state index in [1.54, 1.807) is 42.5 Å². The summed E-state index contributed by atoms with van der Waals surface area (Å²) in [7, 11) is 0. The van der Waals surface area contributed by atoms with Gasteiger partial charge in [0.15, 0.2) is 0 Å². The maximum Gasteiger partial charge on any atom is 0.510 e. The number of hydrogen-bond acceptors (Lipinski definition) is 5. The van der Waals surface area contributed by atoms with Crippen molar-refractivity contribution in [1.82, 2.24) is 0 Å². The van der Waals surface area contributed by atoms with Crippen LogP contribution in [0.25, 0.3) is 0 Å². The van der Waals surface area contributed by atoms with Crippen molar-refractivity contribution in [3.05, 3.63) is 76.8 Å². The van der Waals surface area contributed by atoms with Crippen LogP contribution in [0.5, 0.6) is 0 Å². The number of rotatable bonds is 4. The third-order valence-electron chi connectivity index (χ3n) is 3.92. The highest BCUT2D eigenvalue weighted by atomic mass is 35.5. The molecule has 0 aromatic heterocycles. The molecule has 1 heterocycles. The molecule has 2 aromatic carbocycles. The van der Waals surface area contributed by atoms with E-state index in [1.807, 2.05) is 6.07 Å². The predicted molar refractivity (Wildman–Crippen MR) is 94.2 cm³/mol. The van der Waals surface area contributed by atoms with Gasteiger partial charge in [0.05, 0.1) is 11.6 Å². The lowest BCUT2D eigenvalue weighted by molar-refractivity contribution is -0.132. The van der Waals surface area contributed by atoms with Gasteiger partial charge in [0.2, 0.25) is 0 Å². The van der Waals surface area contributed by atoms with Crippen molar-refractivity contribution in [3.8, 4) is 6.07 Å². The summed E-state index contributed by atoms with van der Waals surface area (Å²) in [5.41, 5.74) is -0.905. The van der Waals surface area contributed by atoms with Crippen LogP contribution in [-0.4, -0.2) is 12.1 Å². The first-order valence-corrected chi connectivity index (χ1v) is 7.96. The fourth-order valence-corrected chi connectivity index (χ4v) is 2.83. The fourth-order valence-electron chi connectivity index (χ4n) is 2.66. The predicted octanol–water partition coefficient (Wildman–Crippen LogP) is 3.92. The molecule has 1 aliphatic rings. The number of benzene rings is 2. The van der Waals surface area contributed by atoms with Crippen LogP contribution in [-0.2, 0) is 26.5 Å². The van der Waals surface area contributed by atoms with Gasteiger partial charge in [-0.25, -0.2) is 4.79 Å². The lowest BCUT2D eigenvalue weighted by Gasteiger charge is -2.25. The summed E-state index contributed by atoms with van der Waals surface area (Å²) >= 11 is 6.00. The third-order valence-corrected chi connectivity index (χ3v) is 4.16. The Morgan fingerprint density at radius 1 is 1.27 bits per heavy atom. The molecule has 0 spiro atoms. The van der Waals surface area contributed by atoms with Gasteiger partial charge in [-0.2, -0.15) is 5.26 Å². The number of carbonyl (C=O) groups excluding carboxylic acids is 2. The minimum Gasteiger partial charge on any atom is -0.429 e. The normalized spacial score (nSPS) is 17.6. The average molecular weight is 369 g/mol. The van der Waals surface area contributed by atoms with E-state index >= 15 is 0 Å². The summed E-state index contributed by atoms with van der Waals surface area (Å²) in [6.07, 6.45) is -1.10. The number of nitrogens with zero attached hydrogens (tertiary/aromatic N) is 1. The van der Waals surface area contributed by atoms with Crippen molar-refractivity contribution in [3.63, 3.8) is 0 Å². The highest BCUT2D eigenvalue weighted by Gasteiger charge is 2.54. The van der Waals surface area contributed by atoms with E-state index < -0.39 is 17.7 Å². The van der Waals surface area contributed by atoms with Gasteiger partial charge in [-0.3, -0.25) is 4.79 Å². The van der Waals surface area contributed by atoms with Crippen LogP contribution in [0.3, 0.4) is 0 Å². The molecule has 0 saturated heterocycles. The van der Waals surface area contributed by atoms with Crippen molar-refractivity contribution in [2.24, 2.45) is 0 Å². The molecule has 6 nitrogen and oxygen atoms in total. The van der Waals surface area contributed by atoms with Crippen LogP contribution in [0.1, 0.15) is 11.1 Å². The molecule has 2 aromatic rings. The van der Waals surface area contributed by atoms with Gasteiger partial charge < -0.3 is 14.8 Å². The Kier molecular flexibility index (Phi) is 4.65. The van der Waals surface area contributed by atoms with Crippen LogP contribution >= 0.6 is 11.6 Å². The summed E-state index contributed by atoms with van der Waals surface area (Å²) in [5.74, 6) is -0.710. The first-order valence-electron chi connectivity index (χ1n) is 7.58. The zero-order chi connectivity index (χ0) is 18.7. The zero-order valence-electron chi connectivity index (χ0n) is 13.5. The number of amides is 1. The maximum atomic E-state index is 12.6. The number of fused-ring (bicyclic) bond motifs is 1. The van der Waals surface area contributed by atoms with Crippen LogP contribution in [0, 0.1) is 11.3 Å². The second-order valence-corrected chi connectivity index (χ2v) is 5.98. The van der Waals surface area contributed by atoms with Gasteiger partial charge in [-0.05, 0) is 23.8 Å². The summed E-state index contributed by atoms with van der Waals surface area (Å²) in [4.78, 5) is 24.8. The molecule has 0 saturated carbocycles. The van der Waals surface area contributed by atoms with E-state index in [4.69, 9.17) is 21.1 Å². The fraction of sp³-hybridized carbons (Fsp3) is 0.105. The van der Waals surface area contributed by atoms with Gasteiger partial charge >= 0.3 is 6.16 Å². The van der Waals surface area contributed by atoms with Crippen LogP contribution < -0.4 is 5.32 Å². The number of ether oxygens (including phenoxy) is 2. The third kappa shape index (κ3) is 3.01. The van der Waals surface area contributed by atoms with E-state index in [-0.39, 0.29) is 17.7 Å². The molecule has 130 valence electrons. The van der Waals surface area contributed by atoms with Crippen LogP contribution in [0.2, 0.25) is 5.02 Å². The standard InChI is InChI=1S/C19H13ClN2O4/c1-12(10-21)19(15-9-14(20)7-8-16(15)22-17(19)23)26-18(24)25-11-13-5-3-2-4-6-13/h2-9H,1,11H2,(H,22,23). The molecule has 0 aliphatic carbocycles. The number of nitrogens with one attached hydrogen (secondary N) is 1. The molecule has 1 amide bonds. The van der Waals surface area contributed by atoms with Crippen molar-refractivity contribution < 1.29 is 19.1 Å².